The van der Waals surface area contributed by atoms with Gasteiger partial charge in [-0.3, -0.25) is 14.7 Å². The maximum absolute atomic E-state index is 13.9. The summed E-state index contributed by atoms with van der Waals surface area (Å²) in [7, 11) is 1.89. The number of allylic oxidation sites excluding steroid dienone is 1. The number of nitrogens with one attached hydrogen (secondary N) is 1. The van der Waals surface area contributed by atoms with Crippen LogP contribution in [0.15, 0.2) is 46.0 Å². The summed E-state index contributed by atoms with van der Waals surface area (Å²) >= 11 is 0. The third-order valence-electron chi connectivity index (χ3n) is 13.4. The van der Waals surface area contributed by atoms with Gasteiger partial charge in [-0.2, -0.15) is 0 Å². The summed E-state index contributed by atoms with van der Waals surface area (Å²) in [6, 6.07) is 0.748. The van der Waals surface area contributed by atoms with E-state index in [1.807, 2.05) is 31.5 Å². The largest absolute Gasteiger partial charge is 0.423 e. The molecule has 6 aliphatic rings. The van der Waals surface area contributed by atoms with Crippen LogP contribution in [0.25, 0.3) is 17.2 Å². The Morgan fingerprint density at radius 3 is 2.74 bits per heavy atom. The molecule has 2 saturated carbocycles. The molecule has 14 heteroatoms. The number of morpholine rings is 1. The number of carbonyl (C=O) groups is 2. The van der Waals surface area contributed by atoms with Crippen molar-refractivity contribution in [3.8, 4) is 0 Å². The fourth-order valence-corrected chi connectivity index (χ4v) is 10.3. The number of carbonyl (C=O) groups excluding carboxylic acids is 2. The number of nitrogens with zero attached hydrogens (tertiary/aromatic N) is 6. The van der Waals surface area contributed by atoms with E-state index in [0.717, 1.165) is 42.7 Å². The summed E-state index contributed by atoms with van der Waals surface area (Å²) in [5.74, 6) is 0.234. The lowest BCUT2D eigenvalue weighted by Crippen LogP contribution is -2.68. The molecule has 3 N–H and O–H groups in total. The van der Waals surface area contributed by atoms with Crippen LogP contribution in [0.2, 0.25) is 0 Å². The minimum atomic E-state index is -0.717. The molecule has 0 amide bonds. The number of hydrogen-bond acceptors (Lipinski definition) is 13. The number of ether oxygens (including phenoxy) is 3. The van der Waals surface area contributed by atoms with Gasteiger partial charge in [0.1, 0.15) is 22.7 Å². The zero-order valence-electron chi connectivity index (χ0n) is 31.0. The van der Waals surface area contributed by atoms with Gasteiger partial charge in [0.15, 0.2) is 11.4 Å². The van der Waals surface area contributed by atoms with Gasteiger partial charge in [0, 0.05) is 50.0 Å². The van der Waals surface area contributed by atoms with Crippen molar-refractivity contribution in [3.63, 3.8) is 0 Å². The molecule has 6 heterocycles. The van der Waals surface area contributed by atoms with E-state index in [2.05, 4.69) is 37.1 Å². The Morgan fingerprint density at radius 2 is 2.02 bits per heavy atom. The second-order valence-corrected chi connectivity index (χ2v) is 16.4. The molecule has 2 aromatic rings. The zero-order chi connectivity index (χ0) is 37.1. The molecule has 2 aliphatic carbocycles. The van der Waals surface area contributed by atoms with Crippen LogP contribution in [-0.2, 0) is 30.8 Å². The zero-order valence-corrected chi connectivity index (χ0v) is 31.0. The fourth-order valence-electron chi connectivity index (χ4n) is 10.3. The van der Waals surface area contributed by atoms with Crippen molar-refractivity contribution < 1.29 is 34.0 Å². The molecule has 14 nitrogen and oxygen atoms in total. The predicted octanol–water partition coefficient (Wildman–Crippen LogP) is 2.24. The van der Waals surface area contributed by atoms with Crippen LogP contribution in [0.5, 0.6) is 0 Å². The quantitative estimate of drug-likeness (QED) is 0.229. The smallest absolute Gasteiger partial charge is 0.341 e. The van der Waals surface area contributed by atoms with Crippen LogP contribution in [0, 0.1) is 22.7 Å². The van der Waals surface area contributed by atoms with Gasteiger partial charge < -0.3 is 34.3 Å². The summed E-state index contributed by atoms with van der Waals surface area (Å²) in [5, 5.41) is 25.9. The van der Waals surface area contributed by atoms with Gasteiger partial charge in [0.05, 0.1) is 63.4 Å². The molecule has 1 spiro atoms. The lowest BCUT2D eigenvalue weighted by Gasteiger charge is -2.64. The van der Waals surface area contributed by atoms with Crippen molar-refractivity contribution in [2.24, 2.45) is 39.7 Å². The van der Waals surface area contributed by atoms with Crippen LogP contribution in [0.1, 0.15) is 58.4 Å². The first kappa shape index (κ1) is 36.3. The number of aryl methyl sites for hydroxylation is 1. The minimum Gasteiger partial charge on any atom is -0.423 e. The Balaban J connectivity index is 1.17. The summed E-state index contributed by atoms with van der Waals surface area (Å²) < 4.78 is 20.1. The monoisotopic (exact) mass is 729 g/mol. The number of amidine groups is 1. The summed E-state index contributed by atoms with van der Waals surface area (Å²) in [6.45, 7) is 9.87. The average molecular weight is 730 g/mol. The number of Topliss-reactive ketones (excluding diaryl/α,β-unsaturated/α-hetero) is 1. The highest BCUT2D eigenvalue weighted by molar-refractivity contribution is 6.07. The second-order valence-electron chi connectivity index (χ2n) is 16.4. The molecule has 4 aliphatic heterocycles. The lowest BCUT2D eigenvalue weighted by molar-refractivity contribution is -0.197. The van der Waals surface area contributed by atoms with Crippen molar-refractivity contribution >= 4 is 41.0 Å². The number of hydrogen-bond donors (Lipinski definition) is 3. The van der Waals surface area contributed by atoms with Crippen LogP contribution in [0.3, 0.4) is 0 Å². The van der Waals surface area contributed by atoms with Crippen molar-refractivity contribution in [1.82, 2.24) is 24.8 Å². The van der Waals surface area contributed by atoms with E-state index in [4.69, 9.17) is 14.2 Å². The predicted molar refractivity (Wildman–Crippen MR) is 197 cm³/mol. The molecule has 0 radical (unpaired) electrons. The van der Waals surface area contributed by atoms with E-state index in [9.17, 15) is 19.8 Å². The summed E-state index contributed by atoms with van der Waals surface area (Å²) in [6.07, 6.45) is 10.7. The van der Waals surface area contributed by atoms with E-state index in [-0.39, 0.29) is 42.1 Å². The molecule has 2 aromatic heterocycles. The minimum absolute atomic E-state index is 0.0247. The molecule has 8 rings (SSSR count). The van der Waals surface area contributed by atoms with E-state index >= 15 is 0 Å². The van der Waals surface area contributed by atoms with Crippen LogP contribution >= 0.6 is 0 Å². The number of epoxide rings is 1. The molecule has 6 unspecified atom stereocenters. The Bertz CT molecular complexity index is 1890. The fraction of sp³-hybridized carbons (Fsp3) is 0.641. The molecular weight excluding hydrogens is 678 g/mol. The van der Waals surface area contributed by atoms with Crippen molar-refractivity contribution in [2.45, 2.75) is 82.7 Å². The number of esters is 1. The highest BCUT2D eigenvalue weighted by Gasteiger charge is 2.71. The first-order valence-electron chi connectivity index (χ1n) is 19.0. The first-order chi connectivity index (χ1) is 25.4. The Morgan fingerprint density at radius 1 is 1.23 bits per heavy atom. The average Bonchev–Trinajstić information content (AvgIpc) is 3.40. The third-order valence-corrected chi connectivity index (χ3v) is 13.4. The van der Waals surface area contributed by atoms with Gasteiger partial charge in [-0.1, -0.05) is 13.8 Å². The number of aliphatic hydroxyl groups is 2. The number of ketones is 1. The van der Waals surface area contributed by atoms with E-state index in [1.54, 1.807) is 30.9 Å². The molecule has 284 valence electrons. The van der Waals surface area contributed by atoms with Gasteiger partial charge in [0.25, 0.3) is 0 Å². The van der Waals surface area contributed by atoms with Gasteiger partial charge in [-0.15, -0.1) is 0 Å². The summed E-state index contributed by atoms with van der Waals surface area (Å²) in [4.78, 5) is 47.5. The van der Waals surface area contributed by atoms with Crippen LogP contribution in [0.4, 0.5) is 0 Å². The number of pyridine rings is 1. The third kappa shape index (κ3) is 6.40. The molecule has 4 fully saturated rings. The number of cyclic esters (lactones) is 1. The molecule has 0 aromatic carbocycles. The molecule has 53 heavy (non-hydrogen) atoms. The van der Waals surface area contributed by atoms with Gasteiger partial charge in [-0.25, -0.2) is 19.8 Å². The SMILES string of the molecule is CC(NC(CC1C2(CO2)C(N2CCOCC2)CC2[C@]1(C)CC[C@@H](O)[C@@]2(C)CO)C1=C/C(=C\c2cnc3c(c2)ncn3C)OC1=O)C(=O)CC1=NCC=N1. The first-order valence-corrected chi connectivity index (χ1v) is 19.0. The standard InChI is InChI=1S/C39H51N7O7/c1-23(29(48)17-34-40-7-8-41-34)44-27(26-15-25(53-36(26)50)13-24-14-28-35(42-19-24)45(4)22-43-28)16-31-37(2)6-5-33(49)38(3,20-47)30(37)18-32(39(31)21-52-39)46-9-11-51-12-10-46/h7,13-15,19,22-23,27,30-33,44,47,49H,5-6,8-12,16-18,20-21H2,1-4H3/b25-13+/t23?,27?,30?,31?,32?,33-,37+,38+,39?/m1/s1. The van der Waals surface area contributed by atoms with Crippen molar-refractivity contribution in [2.75, 3.05) is 46.1 Å². The highest BCUT2D eigenvalue weighted by atomic mass is 16.6. The normalized spacial score (nSPS) is 36.0. The molecule has 9 atom stereocenters. The van der Waals surface area contributed by atoms with E-state index in [0.29, 0.717) is 56.4 Å². The number of fused-ring (bicyclic) bond motifs is 2. The maximum atomic E-state index is 13.9. The number of imidazole rings is 1. The lowest BCUT2D eigenvalue weighted by atomic mass is 9.43. The second kappa shape index (κ2) is 13.9. The molecule has 0 bridgehead atoms. The molecular formula is C39H51N7O7. The summed E-state index contributed by atoms with van der Waals surface area (Å²) in [5.41, 5.74) is 1.11. The van der Waals surface area contributed by atoms with E-state index < -0.39 is 35.2 Å². The van der Waals surface area contributed by atoms with Crippen molar-refractivity contribution in [1.29, 1.82) is 0 Å². The number of aliphatic hydroxyl groups excluding tert-OH is 2. The van der Waals surface area contributed by atoms with Crippen LogP contribution < -0.4 is 5.32 Å². The van der Waals surface area contributed by atoms with Gasteiger partial charge >= 0.3 is 5.97 Å². The number of aromatic nitrogens is 3. The number of rotatable bonds is 11. The highest BCUT2D eigenvalue weighted by Crippen LogP contribution is 2.67. The van der Waals surface area contributed by atoms with Gasteiger partial charge in [-0.05, 0) is 73.6 Å². The topological polar surface area (TPSA) is 176 Å². The Hall–Kier alpha value is -3.66. The molecule has 2 saturated heterocycles. The van der Waals surface area contributed by atoms with Gasteiger partial charge in [0.2, 0.25) is 0 Å². The Kier molecular flexibility index (Phi) is 9.51. The maximum Gasteiger partial charge on any atom is 0.341 e. The van der Waals surface area contributed by atoms with Crippen molar-refractivity contribution in [3.05, 3.63) is 41.6 Å². The number of aliphatic imine (C=N–C) groups is 2. The Labute approximate surface area is 309 Å². The van der Waals surface area contributed by atoms with E-state index in [1.165, 1.54) is 0 Å². The van der Waals surface area contributed by atoms with Crippen LogP contribution in [-0.4, -0.2) is 129 Å².